The zero-order valence-electron chi connectivity index (χ0n) is 8.53. The molecule has 1 aromatic rings. The van der Waals surface area contributed by atoms with E-state index in [0.717, 1.165) is 23.3 Å². The molecule has 3 heteroatoms. The van der Waals surface area contributed by atoms with Crippen LogP contribution in [0.15, 0.2) is 30.3 Å². The van der Waals surface area contributed by atoms with Crippen LogP contribution in [0.25, 0.3) is 5.57 Å². The minimum Gasteiger partial charge on any atom is -0.493 e. The van der Waals surface area contributed by atoms with Crippen LogP contribution in [0.2, 0.25) is 0 Å². The van der Waals surface area contributed by atoms with E-state index < -0.39 is 0 Å². The quantitative estimate of drug-likeness (QED) is 0.518. The van der Waals surface area contributed by atoms with E-state index in [1.54, 1.807) is 0 Å². The summed E-state index contributed by atoms with van der Waals surface area (Å²) < 4.78 is 10.1. The van der Waals surface area contributed by atoms with E-state index in [-0.39, 0.29) is 5.97 Å². The minimum absolute atomic E-state index is 0.318. The molecule has 1 aliphatic heterocycles. The van der Waals surface area contributed by atoms with Gasteiger partial charge in [-0.1, -0.05) is 18.2 Å². The van der Waals surface area contributed by atoms with Crippen molar-refractivity contribution in [2.75, 3.05) is 13.7 Å². The Morgan fingerprint density at radius 3 is 3.07 bits per heavy atom. The number of esters is 1. The van der Waals surface area contributed by atoms with Crippen LogP contribution in [0.1, 0.15) is 12.0 Å². The first-order chi connectivity index (χ1) is 7.31. The Hall–Kier alpha value is -1.77. The second-order valence-corrected chi connectivity index (χ2v) is 3.29. The summed E-state index contributed by atoms with van der Waals surface area (Å²) in [5, 5.41) is 0. The molecule has 1 aliphatic rings. The molecule has 0 N–H and O–H groups in total. The van der Waals surface area contributed by atoms with Crippen molar-refractivity contribution in [2.24, 2.45) is 0 Å². The van der Waals surface area contributed by atoms with Crippen molar-refractivity contribution >= 4 is 11.5 Å². The number of carbonyl (C=O) groups excluding carboxylic acids is 1. The topological polar surface area (TPSA) is 35.5 Å². The molecule has 3 nitrogen and oxygen atoms in total. The zero-order valence-corrected chi connectivity index (χ0v) is 8.53. The average Bonchev–Trinajstić information content (AvgIpc) is 2.29. The van der Waals surface area contributed by atoms with Gasteiger partial charge in [-0.05, 0) is 11.6 Å². The second kappa shape index (κ2) is 4.17. The molecule has 0 spiro atoms. The van der Waals surface area contributed by atoms with Gasteiger partial charge in [0.15, 0.2) is 0 Å². The summed E-state index contributed by atoms with van der Waals surface area (Å²) >= 11 is 0. The highest BCUT2D eigenvalue weighted by molar-refractivity contribution is 5.92. The lowest BCUT2D eigenvalue weighted by molar-refractivity contribution is -0.134. The third kappa shape index (κ3) is 2.01. The van der Waals surface area contributed by atoms with Gasteiger partial charge >= 0.3 is 5.97 Å². The number of ether oxygens (including phenoxy) is 2. The van der Waals surface area contributed by atoms with Crippen LogP contribution in [0.3, 0.4) is 0 Å². The van der Waals surface area contributed by atoms with Gasteiger partial charge in [0.1, 0.15) is 5.75 Å². The molecule has 0 radical (unpaired) electrons. The van der Waals surface area contributed by atoms with Gasteiger partial charge in [0.05, 0.1) is 13.7 Å². The monoisotopic (exact) mass is 204 g/mol. The molecule has 0 fully saturated rings. The summed E-state index contributed by atoms with van der Waals surface area (Å²) in [5.74, 6) is 0.514. The highest BCUT2D eigenvalue weighted by Crippen LogP contribution is 2.32. The zero-order chi connectivity index (χ0) is 10.7. The van der Waals surface area contributed by atoms with Crippen LogP contribution in [-0.4, -0.2) is 19.7 Å². The maximum absolute atomic E-state index is 11.2. The normalized spacial score (nSPS) is 16.7. The third-order valence-corrected chi connectivity index (χ3v) is 2.36. The van der Waals surface area contributed by atoms with Crippen LogP contribution in [0.4, 0.5) is 0 Å². The summed E-state index contributed by atoms with van der Waals surface area (Å²) in [6, 6.07) is 7.70. The Morgan fingerprint density at radius 2 is 2.27 bits per heavy atom. The molecular weight excluding hydrogens is 192 g/mol. The van der Waals surface area contributed by atoms with Gasteiger partial charge in [0, 0.05) is 18.1 Å². The van der Waals surface area contributed by atoms with Crippen LogP contribution < -0.4 is 4.74 Å². The highest BCUT2D eigenvalue weighted by atomic mass is 16.5. The predicted octanol–water partition coefficient (Wildman–Crippen LogP) is 2.03. The first-order valence-corrected chi connectivity index (χ1v) is 4.82. The molecule has 15 heavy (non-hydrogen) atoms. The van der Waals surface area contributed by atoms with Crippen LogP contribution in [0.5, 0.6) is 5.75 Å². The molecule has 0 saturated heterocycles. The largest absolute Gasteiger partial charge is 0.493 e. The number of hydrogen-bond acceptors (Lipinski definition) is 3. The van der Waals surface area contributed by atoms with Gasteiger partial charge in [-0.3, -0.25) is 0 Å². The summed E-state index contributed by atoms with van der Waals surface area (Å²) in [6.45, 7) is 0.611. The maximum atomic E-state index is 11.2. The Morgan fingerprint density at radius 1 is 1.47 bits per heavy atom. The molecule has 0 amide bonds. The van der Waals surface area contributed by atoms with Crippen molar-refractivity contribution in [3.63, 3.8) is 0 Å². The number of rotatable bonds is 1. The lowest BCUT2D eigenvalue weighted by Crippen LogP contribution is -2.09. The van der Waals surface area contributed by atoms with Crippen LogP contribution in [0, 0.1) is 0 Å². The van der Waals surface area contributed by atoms with Gasteiger partial charge in [0.2, 0.25) is 0 Å². The molecule has 1 aromatic carbocycles. The van der Waals surface area contributed by atoms with E-state index in [4.69, 9.17) is 4.74 Å². The molecule has 0 unspecified atom stereocenters. The lowest BCUT2D eigenvalue weighted by atomic mass is 9.99. The number of benzene rings is 1. The number of carbonyl (C=O) groups is 1. The fraction of sp³-hybridized carbons (Fsp3) is 0.250. The molecule has 0 bridgehead atoms. The summed E-state index contributed by atoms with van der Waals surface area (Å²) in [5.41, 5.74) is 1.96. The van der Waals surface area contributed by atoms with Crippen LogP contribution >= 0.6 is 0 Å². The third-order valence-electron chi connectivity index (χ3n) is 2.36. The van der Waals surface area contributed by atoms with Gasteiger partial charge in [0.25, 0.3) is 0 Å². The first-order valence-electron chi connectivity index (χ1n) is 4.82. The van der Waals surface area contributed by atoms with E-state index in [2.05, 4.69) is 4.74 Å². The Labute approximate surface area is 88.3 Å². The van der Waals surface area contributed by atoms with Crippen LogP contribution in [-0.2, 0) is 9.53 Å². The maximum Gasteiger partial charge on any atom is 0.330 e. The number of hydrogen-bond donors (Lipinski definition) is 0. The smallest absolute Gasteiger partial charge is 0.330 e. The van der Waals surface area contributed by atoms with Gasteiger partial charge in [-0.2, -0.15) is 0 Å². The minimum atomic E-state index is -0.318. The van der Waals surface area contributed by atoms with Gasteiger partial charge in [-0.15, -0.1) is 0 Å². The molecular formula is C12H12O3. The SMILES string of the molecule is COC(=O)C=C1CCOc2ccccc21. The number of fused-ring (bicyclic) bond motifs is 1. The number of para-hydroxylation sites is 1. The van der Waals surface area contributed by atoms with E-state index in [1.807, 2.05) is 24.3 Å². The standard InChI is InChI=1S/C12H12O3/c1-14-12(13)8-9-6-7-15-11-5-3-2-4-10(9)11/h2-5,8H,6-7H2,1H3. The number of methoxy groups -OCH3 is 1. The summed E-state index contributed by atoms with van der Waals surface area (Å²) in [6.07, 6.45) is 2.27. The fourth-order valence-corrected chi connectivity index (χ4v) is 1.61. The van der Waals surface area contributed by atoms with Crippen molar-refractivity contribution in [1.82, 2.24) is 0 Å². The van der Waals surface area contributed by atoms with E-state index in [0.29, 0.717) is 6.61 Å². The van der Waals surface area contributed by atoms with E-state index >= 15 is 0 Å². The Bertz CT molecular complexity index is 407. The first kappa shape index (κ1) is 9.77. The van der Waals surface area contributed by atoms with E-state index in [9.17, 15) is 4.79 Å². The Balaban J connectivity index is 2.37. The fourth-order valence-electron chi connectivity index (χ4n) is 1.61. The lowest BCUT2D eigenvalue weighted by Gasteiger charge is -2.19. The second-order valence-electron chi connectivity index (χ2n) is 3.29. The molecule has 1 heterocycles. The van der Waals surface area contributed by atoms with Crippen molar-refractivity contribution in [3.05, 3.63) is 35.9 Å². The summed E-state index contributed by atoms with van der Waals surface area (Å²) in [7, 11) is 1.38. The molecule has 78 valence electrons. The molecule has 0 saturated carbocycles. The van der Waals surface area contributed by atoms with E-state index in [1.165, 1.54) is 13.2 Å². The molecule has 0 aromatic heterocycles. The van der Waals surface area contributed by atoms with Crippen molar-refractivity contribution in [3.8, 4) is 5.75 Å². The predicted molar refractivity (Wildman–Crippen MR) is 56.5 cm³/mol. The molecule has 0 aliphatic carbocycles. The average molecular weight is 204 g/mol. The van der Waals surface area contributed by atoms with Gasteiger partial charge < -0.3 is 9.47 Å². The van der Waals surface area contributed by atoms with Gasteiger partial charge in [-0.25, -0.2) is 4.79 Å². The highest BCUT2D eigenvalue weighted by Gasteiger charge is 2.15. The van der Waals surface area contributed by atoms with Crippen molar-refractivity contribution in [1.29, 1.82) is 0 Å². The van der Waals surface area contributed by atoms with Crippen molar-refractivity contribution < 1.29 is 14.3 Å². The Kier molecular flexibility index (Phi) is 2.72. The van der Waals surface area contributed by atoms with Crippen molar-refractivity contribution in [2.45, 2.75) is 6.42 Å². The molecule has 0 atom stereocenters. The molecule has 2 rings (SSSR count). The summed E-state index contributed by atoms with van der Waals surface area (Å²) in [4.78, 5) is 11.2.